The van der Waals surface area contributed by atoms with Crippen LogP contribution in [-0.2, 0) is 23.5 Å². The summed E-state index contributed by atoms with van der Waals surface area (Å²) in [5.74, 6) is 0. The van der Waals surface area contributed by atoms with Crippen molar-refractivity contribution in [2.24, 2.45) is 0 Å². The molecule has 0 aliphatic carbocycles. The molecule has 0 aliphatic heterocycles. The molecule has 4 aromatic carbocycles. The van der Waals surface area contributed by atoms with Gasteiger partial charge >= 0.3 is 225 Å². The Balaban J connectivity index is 2.18. The molecule has 6 heteroatoms. The van der Waals surface area contributed by atoms with E-state index in [2.05, 4.69) is 135 Å². The summed E-state index contributed by atoms with van der Waals surface area (Å²) in [6.45, 7) is 5.53. The Kier molecular flexibility index (Phi) is 9.22. The summed E-state index contributed by atoms with van der Waals surface area (Å²) in [6.07, 6.45) is 0. The second kappa shape index (κ2) is 12.0. The second-order valence-electron chi connectivity index (χ2n) is 9.23. The molecule has 0 saturated heterocycles. The van der Waals surface area contributed by atoms with Gasteiger partial charge in [-0.2, -0.15) is 0 Å². The van der Waals surface area contributed by atoms with Crippen molar-refractivity contribution in [1.82, 2.24) is 0 Å². The van der Waals surface area contributed by atoms with Gasteiger partial charge in [0.2, 0.25) is 0 Å². The molecule has 0 heterocycles. The first-order chi connectivity index (χ1) is 17.4. The van der Waals surface area contributed by atoms with Crippen LogP contribution in [0.25, 0.3) is 0 Å². The molecule has 0 N–H and O–H groups in total. The third-order valence-electron chi connectivity index (χ3n) is 7.41. The topological polar surface area (TPSA) is 18.5 Å². The van der Waals surface area contributed by atoms with Gasteiger partial charge in [0.05, 0.1) is 0 Å². The molecule has 0 aliphatic rings. The van der Waals surface area contributed by atoms with Gasteiger partial charge in [0.25, 0.3) is 0 Å². The van der Waals surface area contributed by atoms with Crippen molar-refractivity contribution in [3.05, 3.63) is 121 Å². The molecule has 1 unspecified atom stereocenters. The molecule has 0 fully saturated rings. The van der Waals surface area contributed by atoms with Crippen LogP contribution in [0.2, 0.25) is 0 Å². The van der Waals surface area contributed by atoms with Gasteiger partial charge in [-0.15, -0.1) is 0 Å². The maximum absolute atomic E-state index is 8.66. The molecule has 36 heavy (non-hydrogen) atoms. The van der Waals surface area contributed by atoms with E-state index in [1.165, 1.54) is 21.2 Å². The summed E-state index contributed by atoms with van der Waals surface area (Å²) in [7, 11) is 12.3. The molecule has 0 radical (unpaired) electrons. The molecule has 4 rings (SSSR count). The van der Waals surface area contributed by atoms with Crippen LogP contribution in [0.5, 0.6) is 0 Å². The quantitative estimate of drug-likeness (QED) is 0.194. The summed E-state index contributed by atoms with van der Waals surface area (Å²) in [5.41, 5.74) is 0. The monoisotopic (exact) mass is 710 g/mol. The number of rotatable bonds is 10. The first kappa shape index (κ1) is 27.7. The number of halogens is 1. The standard InChI is InChI=1S/2C13H13P.C4H9O2.ClH.W/c2*1-14(12-8-4-2-5-9-12)13-10-6-3-7-11-13;1-5-3-4-6-2;;/h2*2-11H,1H3;3H,4H2,1-2H3;1H;/q;;;;-1/p+1. The predicted molar refractivity (Wildman–Crippen MR) is 161 cm³/mol. The normalized spacial score (nSPS) is 16.5. The fourth-order valence-corrected chi connectivity index (χ4v) is 99.6. The summed E-state index contributed by atoms with van der Waals surface area (Å²) in [5, 5.41) is 0.424. The molecule has 2 nitrogen and oxygen atoms in total. The third kappa shape index (κ3) is 4.67. The molecule has 0 spiro atoms. The van der Waals surface area contributed by atoms with Crippen molar-refractivity contribution in [2.75, 3.05) is 34.2 Å². The van der Waals surface area contributed by atoms with Crippen LogP contribution in [0.1, 0.15) is 0 Å². The van der Waals surface area contributed by atoms with Gasteiger partial charge < -0.3 is 0 Å². The van der Waals surface area contributed by atoms with Crippen molar-refractivity contribution < 1.29 is 23.5 Å². The molecule has 1 atom stereocenters. The summed E-state index contributed by atoms with van der Waals surface area (Å²) >= 11 is -4.07. The molecule has 0 aromatic heterocycles. The Morgan fingerprint density at radius 3 is 1.08 bits per heavy atom. The number of hydrogen-bond donors (Lipinski definition) is 0. The Morgan fingerprint density at radius 2 is 0.861 bits per heavy atom. The van der Waals surface area contributed by atoms with Gasteiger partial charge in [-0.3, -0.25) is 0 Å². The van der Waals surface area contributed by atoms with Crippen LogP contribution in [0.15, 0.2) is 121 Å². The fraction of sp³-hybridized carbons (Fsp3) is 0.200. The van der Waals surface area contributed by atoms with Crippen LogP contribution in [0.4, 0.5) is 0 Å². The van der Waals surface area contributed by atoms with Crippen molar-refractivity contribution in [3.8, 4) is 0 Å². The zero-order chi connectivity index (χ0) is 25.7. The second-order valence-corrected chi connectivity index (χ2v) is 61.4. The van der Waals surface area contributed by atoms with Crippen LogP contribution >= 0.6 is 20.1 Å². The third-order valence-corrected chi connectivity index (χ3v) is 96.2. The van der Waals surface area contributed by atoms with E-state index in [-0.39, 0.29) is 4.49 Å². The van der Waals surface area contributed by atoms with E-state index < -0.39 is 24.7 Å². The minimum absolute atomic E-state index is 0.127. The minimum atomic E-state index is -4.07. The van der Waals surface area contributed by atoms with Crippen molar-refractivity contribution in [1.29, 1.82) is 0 Å². The van der Waals surface area contributed by atoms with E-state index in [4.69, 9.17) is 18.9 Å². The Bertz CT molecular complexity index is 1060. The molecular formula is C30H37ClO2P2W. The van der Waals surface area contributed by atoms with Gasteiger partial charge in [-0.05, 0) is 0 Å². The first-order valence-corrected chi connectivity index (χ1v) is 31.1. The Hall–Kier alpha value is -1.36. The van der Waals surface area contributed by atoms with Crippen LogP contribution < -0.4 is 21.2 Å². The summed E-state index contributed by atoms with van der Waals surface area (Å²) in [4.78, 5) is 0. The number of methoxy groups -OCH3 is 2. The van der Waals surface area contributed by atoms with Crippen molar-refractivity contribution in [2.45, 2.75) is 4.49 Å². The zero-order valence-electron chi connectivity index (χ0n) is 21.4. The van der Waals surface area contributed by atoms with Gasteiger partial charge in [0, 0.05) is 0 Å². The van der Waals surface area contributed by atoms with E-state index in [1.54, 1.807) is 7.11 Å². The summed E-state index contributed by atoms with van der Waals surface area (Å²) < 4.78 is 12.2. The number of benzene rings is 4. The molecule has 0 amide bonds. The molecule has 0 bridgehead atoms. The molecule has 192 valence electrons. The van der Waals surface area contributed by atoms with E-state index in [1.807, 2.05) is 7.11 Å². The molecule has 4 aromatic rings. The Labute approximate surface area is 223 Å². The van der Waals surface area contributed by atoms with E-state index >= 15 is 0 Å². The SMILES string of the molecule is COC[CH](OC)[W]([Cl])([PH](C)(c1ccccc1)c1ccccc1)[PH](C)(c1ccccc1)c1ccccc1. The van der Waals surface area contributed by atoms with Crippen molar-refractivity contribution in [3.63, 3.8) is 0 Å². The van der Waals surface area contributed by atoms with E-state index in [0.717, 1.165) is 0 Å². The van der Waals surface area contributed by atoms with Crippen molar-refractivity contribution >= 4 is 41.3 Å². The molecular weight excluding hydrogens is 674 g/mol. The number of hydrogen-bond acceptors (Lipinski definition) is 2. The van der Waals surface area contributed by atoms with Gasteiger partial charge in [-0.25, -0.2) is 0 Å². The van der Waals surface area contributed by atoms with Gasteiger partial charge in [0.15, 0.2) is 0 Å². The average Bonchev–Trinajstić information content (AvgIpc) is 2.96. The van der Waals surface area contributed by atoms with Crippen LogP contribution in [-0.4, -0.2) is 38.6 Å². The average molecular weight is 711 g/mol. The van der Waals surface area contributed by atoms with Gasteiger partial charge in [-0.1, -0.05) is 0 Å². The fourth-order valence-electron chi connectivity index (χ4n) is 5.41. The van der Waals surface area contributed by atoms with Crippen LogP contribution in [0, 0.1) is 0 Å². The maximum atomic E-state index is 8.66. The number of ether oxygens (including phenoxy) is 2. The predicted octanol–water partition coefficient (Wildman–Crippen LogP) is 5.80. The first-order valence-electron chi connectivity index (χ1n) is 12.2. The van der Waals surface area contributed by atoms with Crippen LogP contribution in [0.3, 0.4) is 0 Å². The molecule has 0 saturated carbocycles. The van der Waals surface area contributed by atoms with E-state index in [9.17, 15) is 0 Å². The zero-order valence-corrected chi connectivity index (χ0v) is 27.1. The Morgan fingerprint density at radius 1 is 0.583 bits per heavy atom. The summed E-state index contributed by atoms with van der Waals surface area (Å²) in [6, 6.07) is 44.1. The van der Waals surface area contributed by atoms with Gasteiger partial charge in [0.1, 0.15) is 0 Å². The van der Waals surface area contributed by atoms with E-state index in [0.29, 0.717) is 6.61 Å².